The predicted octanol–water partition coefficient (Wildman–Crippen LogP) is 3.75. The molecule has 0 saturated carbocycles. The van der Waals surface area contributed by atoms with Crippen LogP contribution in [0.15, 0.2) is 71.3 Å². The Morgan fingerprint density at radius 1 is 0.969 bits per heavy atom. The molecule has 8 heteroatoms. The van der Waals surface area contributed by atoms with Crippen molar-refractivity contribution < 1.29 is 18.8 Å². The summed E-state index contributed by atoms with van der Waals surface area (Å²) in [5, 5.41) is 9.00. The van der Waals surface area contributed by atoms with Crippen molar-refractivity contribution >= 4 is 29.3 Å². The minimum atomic E-state index is -0.469. The third-order valence-electron chi connectivity index (χ3n) is 4.72. The molecule has 0 radical (unpaired) electrons. The van der Waals surface area contributed by atoms with Gasteiger partial charge in [0.05, 0.1) is 25.3 Å². The molecule has 0 fully saturated rings. The molecule has 0 aliphatic rings. The quantitative estimate of drug-likeness (QED) is 0.459. The SMILES string of the molecule is CC(=O)NC(CC(=O)NCc1cccc(C(=O)NCc2ccco2)c1)c1ccc(Cl)cc1. The zero-order valence-corrected chi connectivity index (χ0v) is 18.3. The van der Waals surface area contributed by atoms with E-state index in [1.807, 2.05) is 6.07 Å². The van der Waals surface area contributed by atoms with Crippen LogP contribution >= 0.6 is 11.6 Å². The zero-order valence-electron chi connectivity index (χ0n) is 17.6. The van der Waals surface area contributed by atoms with E-state index < -0.39 is 6.04 Å². The van der Waals surface area contributed by atoms with Crippen molar-refractivity contribution in [3.05, 3.63) is 94.4 Å². The molecule has 1 atom stereocenters. The van der Waals surface area contributed by atoms with Gasteiger partial charge in [-0.1, -0.05) is 35.9 Å². The Morgan fingerprint density at radius 2 is 1.75 bits per heavy atom. The summed E-state index contributed by atoms with van der Waals surface area (Å²) in [6.45, 7) is 1.96. The highest BCUT2D eigenvalue weighted by atomic mass is 35.5. The predicted molar refractivity (Wildman–Crippen MR) is 121 cm³/mol. The number of carbonyl (C=O) groups is 3. The van der Waals surface area contributed by atoms with Crippen LogP contribution in [0.25, 0.3) is 0 Å². The van der Waals surface area contributed by atoms with Gasteiger partial charge in [-0.05, 0) is 47.5 Å². The number of halogens is 1. The summed E-state index contributed by atoms with van der Waals surface area (Å²) in [6, 6.07) is 17.1. The highest BCUT2D eigenvalue weighted by molar-refractivity contribution is 6.30. The standard InChI is InChI=1S/C24H24ClN3O4/c1-16(29)28-22(18-7-9-20(25)10-8-18)13-23(30)26-14-17-4-2-5-19(12-17)24(31)27-15-21-6-3-11-32-21/h2-12,22H,13-15H2,1H3,(H,26,30)(H,27,31)(H,28,29). The van der Waals surface area contributed by atoms with E-state index in [9.17, 15) is 14.4 Å². The molecule has 1 unspecified atom stereocenters. The number of nitrogens with one attached hydrogen (secondary N) is 3. The van der Waals surface area contributed by atoms with Crippen LogP contribution in [0.1, 0.15) is 46.6 Å². The summed E-state index contributed by atoms with van der Waals surface area (Å²) >= 11 is 5.93. The maximum Gasteiger partial charge on any atom is 0.251 e. The molecular formula is C24H24ClN3O4. The average Bonchev–Trinajstić information content (AvgIpc) is 3.30. The fraction of sp³-hybridized carbons (Fsp3) is 0.208. The first-order chi connectivity index (χ1) is 15.4. The lowest BCUT2D eigenvalue weighted by molar-refractivity contribution is -0.122. The maximum atomic E-state index is 12.5. The second-order valence-corrected chi connectivity index (χ2v) is 7.68. The van der Waals surface area contributed by atoms with Crippen LogP contribution in [0.2, 0.25) is 5.02 Å². The Bertz CT molecular complexity index is 1070. The molecule has 3 amide bonds. The van der Waals surface area contributed by atoms with Crippen molar-refractivity contribution in [3.8, 4) is 0 Å². The van der Waals surface area contributed by atoms with E-state index in [0.717, 1.165) is 11.1 Å². The maximum absolute atomic E-state index is 12.5. The van der Waals surface area contributed by atoms with Crippen molar-refractivity contribution in [1.82, 2.24) is 16.0 Å². The van der Waals surface area contributed by atoms with Gasteiger partial charge >= 0.3 is 0 Å². The van der Waals surface area contributed by atoms with Gasteiger partial charge in [-0.15, -0.1) is 0 Å². The van der Waals surface area contributed by atoms with E-state index in [-0.39, 0.29) is 30.7 Å². The van der Waals surface area contributed by atoms with Gasteiger partial charge < -0.3 is 20.4 Å². The first-order valence-electron chi connectivity index (χ1n) is 10.1. The Labute approximate surface area is 191 Å². The van der Waals surface area contributed by atoms with Gasteiger partial charge in [0.2, 0.25) is 11.8 Å². The number of furan rings is 1. The minimum Gasteiger partial charge on any atom is -0.467 e. The van der Waals surface area contributed by atoms with E-state index in [2.05, 4.69) is 16.0 Å². The topological polar surface area (TPSA) is 100 Å². The van der Waals surface area contributed by atoms with Crippen LogP contribution in [0.3, 0.4) is 0 Å². The lowest BCUT2D eigenvalue weighted by atomic mass is 10.0. The molecular weight excluding hydrogens is 430 g/mol. The van der Waals surface area contributed by atoms with Crippen LogP contribution < -0.4 is 16.0 Å². The Kier molecular flexibility index (Phi) is 8.05. The van der Waals surface area contributed by atoms with Crippen LogP contribution in [0.4, 0.5) is 0 Å². The molecule has 32 heavy (non-hydrogen) atoms. The van der Waals surface area contributed by atoms with E-state index in [1.54, 1.807) is 60.9 Å². The third-order valence-corrected chi connectivity index (χ3v) is 4.97. The van der Waals surface area contributed by atoms with Crippen molar-refractivity contribution in [2.75, 3.05) is 0 Å². The Balaban J connectivity index is 1.56. The summed E-state index contributed by atoms with van der Waals surface area (Å²) < 4.78 is 5.21. The average molecular weight is 454 g/mol. The normalized spacial score (nSPS) is 11.4. The number of carbonyl (C=O) groups excluding carboxylic acids is 3. The molecule has 7 nitrogen and oxygen atoms in total. The summed E-state index contributed by atoms with van der Waals surface area (Å²) in [5.41, 5.74) is 2.06. The first kappa shape index (κ1) is 23.1. The summed E-state index contributed by atoms with van der Waals surface area (Å²) in [6.07, 6.45) is 1.62. The van der Waals surface area contributed by atoms with Gasteiger partial charge in [0.15, 0.2) is 0 Å². The van der Waals surface area contributed by atoms with Gasteiger partial charge in [0, 0.05) is 24.1 Å². The molecule has 0 spiro atoms. The third kappa shape index (κ3) is 6.99. The molecule has 3 aromatic rings. The van der Waals surface area contributed by atoms with Crippen molar-refractivity contribution in [1.29, 1.82) is 0 Å². The molecule has 3 rings (SSSR count). The lowest BCUT2D eigenvalue weighted by Gasteiger charge is -2.18. The van der Waals surface area contributed by atoms with Crippen LogP contribution in [-0.4, -0.2) is 17.7 Å². The van der Waals surface area contributed by atoms with E-state index in [4.69, 9.17) is 16.0 Å². The van der Waals surface area contributed by atoms with Crippen molar-refractivity contribution in [2.45, 2.75) is 32.5 Å². The number of rotatable bonds is 9. The molecule has 1 aromatic heterocycles. The number of amides is 3. The molecule has 3 N–H and O–H groups in total. The molecule has 0 saturated heterocycles. The summed E-state index contributed by atoms with van der Waals surface area (Å²) in [7, 11) is 0. The molecule has 0 aliphatic carbocycles. The van der Waals surface area contributed by atoms with Gasteiger partial charge in [0.25, 0.3) is 5.91 Å². The molecule has 1 heterocycles. The van der Waals surface area contributed by atoms with Crippen molar-refractivity contribution in [3.63, 3.8) is 0 Å². The molecule has 0 bridgehead atoms. The first-order valence-corrected chi connectivity index (χ1v) is 10.5. The van der Waals surface area contributed by atoms with Crippen LogP contribution in [0.5, 0.6) is 0 Å². The Hall–Kier alpha value is -3.58. The second kappa shape index (κ2) is 11.2. The zero-order chi connectivity index (χ0) is 22.9. The number of hydrogen-bond acceptors (Lipinski definition) is 4. The fourth-order valence-electron chi connectivity index (χ4n) is 3.16. The second-order valence-electron chi connectivity index (χ2n) is 7.25. The fourth-order valence-corrected chi connectivity index (χ4v) is 3.28. The number of hydrogen-bond donors (Lipinski definition) is 3. The van der Waals surface area contributed by atoms with Gasteiger partial charge in [-0.3, -0.25) is 14.4 Å². The van der Waals surface area contributed by atoms with Gasteiger partial charge in [-0.2, -0.15) is 0 Å². The van der Waals surface area contributed by atoms with Crippen LogP contribution in [0, 0.1) is 0 Å². The largest absolute Gasteiger partial charge is 0.467 e. The van der Waals surface area contributed by atoms with Gasteiger partial charge in [-0.25, -0.2) is 0 Å². The van der Waals surface area contributed by atoms with Crippen LogP contribution in [-0.2, 0) is 22.7 Å². The monoisotopic (exact) mass is 453 g/mol. The highest BCUT2D eigenvalue weighted by Crippen LogP contribution is 2.19. The lowest BCUT2D eigenvalue weighted by Crippen LogP contribution is -2.32. The summed E-state index contributed by atoms with van der Waals surface area (Å²) in [5.74, 6) is -0.0309. The number of benzene rings is 2. The highest BCUT2D eigenvalue weighted by Gasteiger charge is 2.17. The molecule has 2 aromatic carbocycles. The molecule has 0 aliphatic heterocycles. The smallest absolute Gasteiger partial charge is 0.251 e. The van der Waals surface area contributed by atoms with Crippen molar-refractivity contribution in [2.24, 2.45) is 0 Å². The van der Waals surface area contributed by atoms with E-state index in [0.29, 0.717) is 22.9 Å². The van der Waals surface area contributed by atoms with E-state index in [1.165, 1.54) is 6.92 Å². The Morgan fingerprint density at radius 3 is 2.44 bits per heavy atom. The van der Waals surface area contributed by atoms with E-state index >= 15 is 0 Å². The summed E-state index contributed by atoms with van der Waals surface area (Å²) in [4.78, 5) is 36.5. The molecule has 166 valence electrons. The minimum absolute atomic E-state index is 0.0739. The van der Waals surface area contributed by atoms with Gasteiger partial charge in [0.1, 0.15) is 5.76 Å².